The summed E-state index contributed by atoms with van der Waals surface area (Å²) in [7, 11) is 0. The van der Waals surface area contributed by atoms with E-state index in [4.69, 9.17) is 0 Å². The molecule has 4 nitrogen and oxygen atoms in total. The first kappa shape index (κ1) is 12.8. The lowest BCUT2D eigenvalue weighted by Gasteiger charge is -2.06. The van der Waals surface area contributed by atoms with E-state index in [1.165, 1.54) is 5.56 Å². The number of rotatable bonds is 5. The van der Waals surface area contributed by atoms with Crippen LogP contribution in [0.4, 0.5) is 5.95 Å². The van der Waals surface area contributed by atoms with Crippen LogP contribution in [-0.4, -0.2) is 28.0 Å². The van der Waals surface area contributed by atoms with Gasteiger partial charge in [-0.25, -0.2) is 4.98 Å². The highest BCUT2D eigenvalue weighted by Crippen LogP contribution is 2.15. The molecular weight excluding hydrogens is 244 g/mol. The van der Waals surface area contributed by atoms with Gasteiger partial charge in [-0.2, -0.15) is 0 Å². The molecule has 18 heavy (non-hydrogen) atoms. The van der Waals surface area contributed by atoms with E-state index < -0.39 is 0 Å². The minimum Gasteiger partial charge on any atom is -0.353 e. The molecule has 94 valence electrons. The molecular formula is C13H16N4S. The van der Waals surface area contributed by atoms with Crippen molar-refractivity contribution in [2.24, 2.45) is 0 Å². The quantitative estimate of drug-likeness (QED) is 0.837. The average Bonchev–Trinajstić information content (AvgIpc) is 2.42. The minimum absolute atomic E-state index is 0.598. The molecule has 0 atom stereocenters. The molecule has 2 rings (SSSR count). The number of hydrogen-bond donors (Lipinski definition) is 1. The summed E-state index contributed by atoms with van der Waals surface area (Å²) in [4.78, 5) is 4.40. The Balaban J connectivity index is 1.91. The smallest absolute Gasteiger partial charge is 0.243 e. The highest BCUT2D eigenvalue weighted by Gasteiger charge is 2.03. The van der Waals surface area contributed by atoms with E-state index >= 15 is 0 Å². The van der Waals surface area contributed by atoms with Crippen LogP contribution in [0.5, 0.6) is 0 Å². The van der Waals surface area contributed by atoms with Crippen LogP contribution < -0.4 is 5.32 Å². The van der Waals surface area contributed by atoms with Crippen molar-refractivity contribution >= 4 is 17.7 Å². The van der Waals surface area contributed by atoms with Crippen molar-refractivity contribution in [1.82, 2.24) is 15.2 Å². The standard InChI is InChI=1S/C13H16N4S/c1-10-12(18-2)15-13(17-16-10)14-9-8-11-6-4-3-5-7-11/h3-7H,8-9H2,1-2H3,(H,14,15,17). The van der Waals surface area contributed by atoms with Gasteiger partial charge >= 0.3 is 0 Å². The van der Waals surface area contributed by atoms with Crippen molar-refractivity contribution in [2.75, 3.05) is 18.1 Å². The Hall–Kier alpha value is -1.62. The Kier molecular flexibility index (Phi) is 4.52. The van der Waals surface area contributed by atoms with Gasteiger partial charge in [-0.3, -0.25) is 0 Å². The van der Waals surface area contributed by atoms with E-state index in [9.17, 15) is 0 Å². The van der Waals surface area contributed by atoms with E-state index in [1.807, 2.05) is 31.4 Å². The zero-order valence-corrected chi connectivity index (χ0v) is 11.4. The van der Waals surface area contributed by atoms with Crippen LogP contribution in [0.2, 0.25) is 0 Å². The third kappa shape index (κ3) is 3.43. The summed E-state index contributed by atoms with van der Waals surface area (Å²) in [5.74, 6) is 0.598. The Labute approximate surface area is 111 Å². The summed E-state index contributed by atoms with van der Waals surface area (Å²) in [6.45, 7) is 2.72. The summed E-state index contributed by atoms with van der Waals surface area (Å²) < 4.78 is 0. The van der Waals surface area contributed by atoms with Gasteiger partial charge < -0.3 is 5.32 Å². The second-order valence-electron chi connectivity index (χ2n) is 3.89. The normalized spacial score (nSPS) is 10.3. The van der Waals surface area contributed by atoms with Gasteiger partial charge in [-0.05, 0) is 25.2 Å². The Bertz CT molecular complexity index is 502. The zero-order chi connectivity index (χ0) is 12.8. The van der Waals surface area contributed by atoms with E-state index in [0.717, 1.165) is 23.7 Å². The molecule has 0 spiro atoms. The molecule has 0 aliphatic heterocycles. The molecule has 1 aromatic heterocycles. The molecule has 0 fully saturated rings. The fourth-order valence-electron chi connectivity index (χ4n) is 1.60. The maximum atomic E-state index is 4.40. The number of hydrogen-bond acceptors (Lipinski definition) is 5. The zero-order valence-electron chi connectivity index (χ0n) is 10.6. The predicted octanol–water partition coefficient (Wildman–Crippen LogP) is 2.56. The highest BCUT2D eigenvalue weighted by atomic mass is 32.2. The van der Waals surface area contributed by atoms with Crippen molar-refractivity contribution in [1.29, 1.82) is 0 Å². The van der Waals surface area contributed by atoms with Crippen molar-refractivity contribution in [3.05, 3.63) is 41.6 Å². The van der Waals surface area contributed by atoms with Gasteiger partial charge in [0, 0.05) is 6.54 Å². The molecule has 0 saturated heterocycles. The van der Waals surface area contributed by atoms with Gasteiger partial charge in [0.15, 0.2) is 0 Å². The summed E-state index contributed by atoms with van der Waals surface area (Å²) in [5, 5.41) is 12.2. The Morgan fingerprint density at radius 3 is 2.67 bits per heavy atom. The summed E-state index contributed by atoms with van der Waals surface area (Å²) in [6, 6.07) is 10.3. The van der Waals surface area contributed by atoms with Crippen LogP contribution in [0.3, 0.4) is 0 Å². The lowest BCUT2D eigenvalue weighted by atomic mass is 10.1. The molecule has 0 saturated carbocycles. The maximum absolute atomic E-state index is 4.40. The molecule has 0 radical (unpaired) electrons. The molecule has 5 heteroatoms. The van der Waals surface area contributed by atoms with Crippen LogP contribution in [0, 0.1) is 6.92 Å². The lowest BCUT2D eigenvalue weighted by Crippen LogP contribution is -2.09. The van der Waals surface area contributed by atoms with Gasteiger partial charge in [-0.15, -0.1) is 22.0 Å². The molecule has 1 N–H and O–H groups in total. The number of aryl methyl sites for hydroxylation is 1. The van der Waals surface area contributed by atoms with Crippen LogP contribution >= 0.6 is 11.8 Å². The highest BCUT2D eigenvalue weighted by molar-refractivity contribution is 7.98. The predicted molar refractivity (Wildman–Crippen MR) is 75.0 cm³/mol. The van der Waals surface area contributed by atoms with Gasteiger partial charge in [0.25, 0.3) is 0 Å². The fourth-order valence-corrected chi connectivity index (χ4v) is 2.11. The van der Waals surface area contributed by atoms with E-state index in [-0.39, 0.29) is 0 Å². The largest absolute Gasteiger partial charge is 0.353 e. The molecule has 0 amide bonds. The first-order valence-electron chi connectivity index (χ1n) is 5.82. The molecule has 0 aliphatic rings. The van der Waals surface area contributed by atoms with E-state index in [0.29, 0.717) is 5.95 Å². The third-order valence-electron chi connectivity index (χ3n) is 2.54. The van der Waals surface area contributed by atoms with Crippen LogP contribution in [0.1, 0.15) is 11.3 Å². The number of benzene rings is 1. The average molecular weight is 260 g/mol. The third-order valence-corrected chi connectivity index (χ3v) is 3.32. The van der Waals surface area contributed by atoms with Crippen LogP contribution in [0.15, 0.2) is 35.4 Å². The van der Waals surface area contributed by atoms with Crippen molar-refractivity contribution in [3.63, 3.8) is 0 Å². The van der Waals surface area contributed by atoms with Crippen molar-refractivity contribution < 1.29 is 0 Å². The van der Waals surface area contributed by atoms with Gasteiger partial charge in [0.2, 0.25) is 5.95 Å². The minimum atomic E-state index is 0.598. The van der Waals surface area contributed by atoms with Gasteiger partial charge in [0.05, 0.1) is 5.69 Å². The fraction of sp³-hybridized carbons (Fsp3) is 0.308. The topological polar surface area (TPSA) is 50.7 Å². The number of thioether (sulfide) groups is 1. The Morgan fingerprint density at radius 2 is 1.94 bits per heavy atom. The van der Waals surface area contributed by atoms with Gasteiger partial charge in [-0.1, -0.05) is 30.3 Å². The number of aromatic nitrogens is 3. The van der Waals surface area contributed by atoms with Crippen molar-refractivity contribution in [3.8, 4) is 0 Å². The summed E-state index contributed by atoms with van der Waals surface area (Å²) >= 11 is 1.59. The Morgan fingerprint density at radius 1 is 1.17 bits per heavy atom. The molecule has 0 unspecified atom stereocenters. The van der Waals surface area contributed by atoms with E-state index in [1.54, 1.807) is 11.8 Å². The summed E-state index contributed by atoms with van der Waals surface area (Å²) in [5.41, 5.74) is 2.17. The molecule has 1 heterocycles. The lowest BCUT2D eigenvalue weighted by molar-refractivity contribution is 0.847. The number of nitrogens with one attached hydrogen (secondary N) is 1. The maximum Gasteiger partial charge on any atom is 0.243 e. The number of nitrogens with zero attached hydrogens (tertiary/aromatic N) is 3. The van der Waals surface area contributed by atoms with Crippen LogP contribution in [0.25, 0.3) is 0 Å². The van der Waals surface area contributed by atoms with Gasteiger partial charge in [0.1, 0.15) is 5.03 Å². The van der Waals surface area contributed by atoms with Crippen molar-refractivity contribution in [2.45, 2.75) is 18.4 Å². The monoisotopic (exact) mass is 260 g/mol. The number of anilines is 1. The molecule has 0 aliphatic carbocycles. The molecule has 1 aromatic carbocycles. The first-order valence-corrected chi connectivity index (χ1v) is 7.05. The second-order valence-corrected chi connectivity index (χ2v) is 4.69. The molecule has 2 aromatic rings. The van der Waals surface area contributed by atoms with E-state index in [2.05, 4.69) is 32.6 Å². The molecule has 0 bridgehead atoms. The second kappa shape index (κ2) is 6.35. The van der Waals surface area contributed by atoms with Crippen LogP contribution in [-0.2, 0) is 6.42 Å². The first-order chi connectivity index (χ1) is 8.79. The SMILES string of the molecule is CSc1nc(NCCc2ccccc2)nnc1C. The summed E-state index contributed by atoms with van der Waals surface area (Å²) in [6.07, 6.45) is 2.94.